The summed E-state index contributed by atoms with van der Waals surface area (Å²) in [5, 5.41) is 0.588. The average molecular weight is 250 g/mol. The van der Waals surface area contributed by atoms with E-state index in [9.17, 15) is 4.39 Å². The van der Waals surface area contributed by atoms with E-state index in [0.717, 1.165) is 16.7 Å². The number of nitrogens with two attached hydrogens (primary N) is 1. The van der Waals surface area contributed by atoms with E-state index in [0.29, 0.717) is 16.3 Å². The molecule has 0 saturated heterocycles. The highest BCUT2D eigenvalue weighted by atomic mass is 35.5. The molecule has 17 heavy (non-hydrogen) atoms. The van der Waals surface area contributed by atoms with Gasteiger partial charge >= 0.3 is 0 Å². The van der Waals surface area contributed by atoms with Crippen LogP contribution in [0.1, 0.15) is 11.1 Å². The Kier molecular flexibility index (Phi) is 3.07. The number of rotatable bonds is 1. The van der Waals surface area contributed by atoms with Gasteiger partial charge in [0.05, 0.1) is 0 Å². The number of benzene rings is 2. The van der Waals surface area contributed by atoms with E-state index < -0.39 is 0 Å². The molecule has 0 aliphatic rings. The first-order valence-corrected chi connectivity index (χ1v) is 5.69. The Balaban J connectivity index is 2.68. The highest BCUT2D eigenvalue weighted by Gasteiger charge is 2.10. The molecule has 0 aliphatic heterocycles. The van der Waals surface area contributed by atoms with Crippen LogP contribution in [0.3, 0.4) is 0 Å². The van der Waals surface area contributed by atoms with E-state index in [1.165, 1.54) is 12.1 Å². The topological polar surface area (TPSA) is 26.0 Å². The average Bonchev–Trinajstić information content (AvgIpc) is 2.27. The summed E-state index contributed by atoms with van der Waals surface area (Å²) in [5.41, 5.74) is 10.00. The molecule has 2 aromatic rings. The maximum absolute atomic E-state index is 13.2. The number of anilines is 1. The first-order chi connectivity index (χ1) is 7.99. The van der Waals surface area contributed by atoms with Crippen molar-refractivity contribution >= 4 is 17.3 Å². The third-order valence-electron chi connectivity index (χ3n) is 2.89. The molecular formula is C14H13ClFN. The van der Waals surface area contributed by atoms with Crippen LogP contribution in [0.25, 0.3) is 11.1 Å². The summed E-state index contributed by atoms with van der Waals surface area (Å²) in [5.74, 6) is -0.316. The van der Waals surface area contributed by atoms with Gasteiger partial charge in [0, 0.05) is 21.8 Å². The predicted octanol–water partition coefficient (Wildman–Crippen LogP) is 4.35. The second kappa shape index (κ2) is 4.38. The molecule has 1 nitrogen and oxygen atoms in total. The van der Waals surface area contributed by atoms with Crippen molar-refractivity contribution in [3.8, 4) is 11.1 Å². The minimum atomic E-state index is -0.316. The number of aryl methyl sites for hydroxylation is 2. The molecule has 0 fully saturated rings. The van der Waals surface area contributed by atoms with Gasteiger partial charge in [0.2, 0.25) is 0 Å². The smallest absolute Gasteiger partial charge is 0.123 e. The molecule has 0 bridgehead atoms. The minimum Gasteiger partial charge on any atom is -0.398 e. The lowest BCUT2D eigenvalue weighted by molar-refractivity contribution is 0.628. The molecule has 0 aromatic heterocycles. The molecule has 2 aromatic carbocycles. The van der Waals surface area contributed by atoms with Gasteiger partial charge in [-0.15, -0.1) is 0 Å². The fourth-order valence-corrected chi connectivity index (χ4v) is 2.07. The highest BCUT2D eigenvalue weighted by molar-refractivity contribution is 6.33. The molecule has 0 heterocycles. The van der Waals surface area contributed by atoms with Gasteiger partial charge in [-0.05, 0) is 55.3 Å². The van der Waals surface area contributed by atoms with Crippen LogP contribution in [0.5, 0.6) is 0 Å². The maximum atomic E-state index is 13.2. The molecule has 0 atom stereocenters. The van der Waals surface area contributed by atoms with E-state index in [-0.39, 0.29) is 5.82 Å². The quantitative estimate of drug-likeness (QED) is 0.748. The molecule has 0 spiro atoms. The molecule has 0 radical (unpaired) electrons. The summed E-state index contributed by atoms with van der Waals surface area (Å²) in [7, 11) is 0. The Morgan fingerprint density at radius 1 is 1.00 bits per heavy atom. The second-order valence-electron chi connectivity index (χ2n) is 4.15. The fraction of sp³-hybridized carbons (Fsp3) is 0.143. The lowest BCUT2D eigenvalue weighted by Crippen LogP contribution is -1.93. The van der Waals surface area contributed by atoms with Crippen LogP contribution < -0.4 is 5.73 Å². The highest BCUT2D eigenvalue weighted by Crippen LogP contribution is 2.34. The van der Waals surface area contributed by atoms with Crippen LogP contribution in [-0.2, 0) is 0 Å². The van der Waals surface area contributed by atoms with Gasteiger partial charge in [-0.3, -0.25) is 0 Å². The van der Waals surface area contributed by atoms with E-state index in [2.05, 4.69) is 0 Å². The van der Waals surface area contributed by atoms with Gasteiger partial charge in [-0.2, -0.15) is 0 Å². The van der Waals surface area contributed by atoms with Crippen LogP contribution in [0.15, 0.2) is 30.3 Å². The standard InChI is InChI=1S/C14H13ClFN/c1-8-5-11(13(15)6-9(8)2)12-7-10(16)3-4-14(12)17/h3-7H,17H2,1-2H3. The fourth-order valence-electron chi connectivity index (χ4n) is 1.75. The molecule has 0 aliphatic carbocycles. The third-order valence-corrected chi connectivity index (χ3v) is 3.20. The zero-order valence-corrected chi connectivity index (χ0v) is 10.5. The Bertz CT molecular complexity index is 579. The van der Waals surface area contributed by atoms with Crippen molar-refractivity contribution in [2.24, 2.45) is 0 Å². The number of nitrogen functional groups attached to an aromatic ring is 1. The van der Waals surface area contributed by atoms with Gasteiger partial charge in [-0.1, -0.05) is 11.6 Å². The van der Waals surface area contributed by atoms with Crippen molar-refractivity contribution in [3.63, 3.8) is 0 Å². The Morgan fingerprint density at radius 3 is 2.35 bits per heavy atom. The molecule has 0 saturated carbocycles. The van der Waals surface area contributed by atoms with Gasteiger partial charge < -0.3 is 5.73 Å². The number of hydrogen-bond acceptors (Lipinski definition) is 1. The molecule has 88 valence electrons. The predicted molar refractivity (Wildman–Crippen MR) is 70.7 cm³/mol. The normalized spacial score (nSPS) is 10.6. The Labute approximate surface area is 105 Å². The van der Waals surface area contributed by atoms with Crippen molar-refractivity contribution in [2.45, 2.75) is 13.8 Å². The van der Waals surface area contributed by atoms with Crippen LogP contribution >= 0.6 is 11.6 Å². The minimum absolute atomic E-state index is 0.316. The largest absolute Gasteiger partial charge is 0.398 e. The maximum Gasteiger partial charge on any atom is 0.123 e. The van der Waals surface area contributed by atoms with E-state index >= 15 is 0 Å². The molecule has 2 N–H and O–H groups in total. The van der Waals surface area contributed by atoms with Crippen molar-refractivity contribution in [2.75, 3.05) is 5.73 Å². The Hall–Kier alpha value is -1.54. The summed E-state index contributed by atoms with van der Waals surface area (Å²) in [6.07, 6.45) is 0. The lowest BCUT2D eigenvalue weighted by Gasteiger charge is -2.11. The molecule has 2 rings (SSSR count). The second-order valence-corrected chi connectivity index (χ2v) is 4.56. The van der Waals surface area contributed by atoms with Gasteiger partial charge in [0.15, 0.2) is 0 Å². The van der Waals surface area contributed by atoms with E-state index in [4.69, 9.17) is 17.3 Å². The third kappa shape index (κ3) is 2.27. The first kappa shape index (κ1) is 11.9. The van der Waals surface area contributed by atoms with Gasteiger partial charge in [0.25, 0.3) is 0 Å². The number of halogens is 2. The van der Waals surface area contributed by atoms with E-state index in [1.807, 2.05) is 26.0 Å². The zero-order valence-electron chi connectivity index (χ0n) is 9.72. The monoisotopic (exact) mass is 249 g/mol. The molecule has 0 amide bonds. The summed E-state index contributed by atoms with van der Waals surface area (Å²) in [6, 6.07) is 8.11. The van der Waals surface area contributed by atoms with Gasteiger partial charge in [-0.25, -0.2) is 4.39 Å². The SMILES string of the molecule is Cc1cc(Cl)c(-c2cc(F)ccc2N)cc1C. The number of hydrogen-bond donors (Lipinski definition) is 1. The van der Waals surface area contributed by atoms with Crippen LogP contribution in [0, 0.1) is 19.7 Å². The van der Waals surface area contributed by atoms with Crippen molar-refractivity contribution in [3.05, 3.63) is 52.3 Å². The van der Waals surface area contributed by atoms with Crippen LogP contribution in [-0.4, -0.2) is 0 Å². The van der Waals surface area contributed by atoms with E-state index in [1.54, 1.807) is 6.07 Å². The lowest BCUT2D eigenvalue weighted by atomic mass is 9.99. The van der Waals surface area contributed by atoms with Gasteiger partial charge in [0.1, 0.15) is 5.82 Å². The molecular weight excluding hydrogens is 237 g/mol. The Morgan fingerprint density at radius 2 is 1.65 bits per heavy atom. The summed E-state index contributed by atoms with van der Waals surface area (Å²) < 4.78 is 13.2. The summed E-state index contributed by atoms with van der Waals surface area (Å²) in [6.45, 7) is 3.98. The van der Waals surface area contributed by atoms with Crippen molar-refractivity contribution in [1.82, 2.24) is 0 Å². The summed E-state index contributed by atoms with van der Waals surface area (Å²) in [4.78, 5) is 0. The zero-order chi connectivity index (χ0) is 12.6. The first-order valence-electron chi connectivity index (χ1n) is 5.31. The molecule has 3 heteroatoms. The molecule has 0 unspecified atom stereocenters. The summed E-state index contributed by atoms with van der Waals surface area (Å²) >= 11 is 6.18. The van der Waals surface area contributed by atoms with Crippen molar-refractivity contribution < 1.29 is 4.39 Å². The van der Waals surface area contributed by atoms with Crippen LogP contribution in [0.4, 0.5) is 10.1 Å². The van der Waals surface area contributed by atoms with Crippen LogP contribution in [0.2, 0.25) is 5.02 Å². The van der Waals surface area contributed by atoms with Crippen molar-refractivity contribution in [1.29, 1.82) is 0 Å².